The van der Waals surface area contributed by atoms with Gasteiger partial charge < -0.3 is 9.80 Å². The highest BCUT2D eigenvalue weighted by atomic mass is 35.5. The third-order valence-corrected chi connectivity index (χ3v) is 5.39. The molecule has 1 aliphatic rings. The van der Waals surface area contributed by atoms with Crippen LogP contribution < -0.4 is 0 Å². The molecule has 3 rings (SSSR count). The number of rotatable bonds is 1. The predicted molar refractivity (Wildman–Crippen MR) is 107 cm³/mol. The number of benzene rings is 2. The molecule has 0 atom stereocenters. The summed E-state index contributed by atoms with van der Waals surface area (Å²) >= 11 is 12.0. The number of hydrogen-bond acceptors (Lipinski definition) is 2. The molecule has 1 heterocycles. The van der Waals surface area contributed by atoms with Gasteiger partial charge in [0.25, 0.3) is 11.8 Å². The number of nitrogens with zero attached hydrogens (tertiary/aromatic N) is 2. The summed E-state index contributed by atoms with van der Waals surface area (Å²) in [6, 6.07) is 9.01. The lowest BCUT2D eigenvalue weighted by Gasteiger charge is -2.33. The second-order valence-electron chi connectivity index (χ2n) is 6.51. The van der Waals surface area contributed by atoms with Crippen LogP contribution in [0.1, 0.15) is 21.5 Å². The number of carbonyl (C=O) groups excluding carboxylic acids is 2. The lowest BCUT2D eigenvalue weighted by atomic mass is 10.1. The zero-order valence-electron chi connectivity index (χ0n) is 15.5. The van der Waals surface area contributed by atoms with Crippen LogP contribution in [-0.2, 0) is 11.0 Å². The summed E-state index contributed by atoms with van der Waals surface area (Å²) in [5.74, 6) is 4.42. The zero-order chi connectivity index (χ0) is 21.9. The highest BCUT2D eigenvalue weighted by Crippen LogP contribution is 2.29. The maximum atomic E-state index is 12.6. The van der Waals surface area contributed by atoms with E-state index in [1.165, 1.54) is 9.80 Å². The number of alkyl halides is 3. The van der Waals surface area contributed by atoms with E-state index in [2.05, 4.69) is 11.8 Å². The van der Waals surface area contributed by atoms with E-state index in [1.807, 2.05) is 0 Å². The average molecular weight is 455 g/mol. The molecule has 2 aromatic carbocycles. The van der Waals surface area contributed by atoms with Crippen molar-refractivity contribution in [1.29, 1.82) is 0 Å². The SMILES string of the molecule is O=C(C#Cc1cccc(Cl)c1Cl)N1CCN(C(=O)c2ccc(C(F)(F)F)cc2)CC1. The third kappa shape index (κ3) is 5.07. The Hall–Kier alpha value is -2.69. The molecule has 30 heavy (non-hydrogen) atoms. The van der Waals surface area contributed by atoms with Crippen molar-refractivity contribution in [3.63, 3.8) is 0 Å². The van der Waals surface area contributed by atoms with Crippen molar-refractivity contribution in [2.24, 2.45) is 0 Å². The van der Waals surface area contributed by atoms with Gasteiger partial charge in [0.2, 0.25) is 0 Å². The molecule has 0 bridgehead atoms. The molecule has 0 unspecified atom stereocenters. The normalized spacial score (nSPS) is 14.2. The van der Waals surface area contributed by atoms with Crippen molar-refractivity contribution >= 4 is 35.0 Å². The van der Waals surface area contributed by atoms with E-state index >= 15 is 0 Å². The number of carbonyl (C=O) groups is 2. The lowest BCUT2D eigenvalue weighted by Crippen LogP contribution is -2.50. The van der Waals surface area contributed by atoms with Gasteiger partial charge in [0.1, 0.15) is 0 Å². The Labute approximate surface area is 181 Å². The lowest BCUT2D eigenvalue weighted by molar-refractivity contribution is -0.137. The third-order valence-electron chi connectivity index (χ3n) is 4.57. The minimum atomic E-state index is -4.45. The Balaban J connectivity index is 1.59. The number of halogens is 5. The first kappa shape index (κ1) is 22.0. The monoisotopic (exact) mass is 454 g/mol. The first-order chi connectivity index (χ1) is 14.2. The molecule has 0 spiro atoms. The van der Waals surface area contributed by atoms with Gasteiger partial charge in [-0.3, -0.25) is 9.59 Å². The Morgan fingerprint density at radius 2 is 1.50 bits per heavy atom. The Morgan fingerprint density at radius 3 is 2.10 bits per heavy atom. The summed E-state index contributed by atoms with van der Waals surface area (Å²) in [7, 11) is 0. The van der Waals surface area contributed by atoms with Crippen LogP contribution in [0, 0.1) is 11.8 Å². The molecule has 2 amide bonds. The van der Waals surface area contributed by atoms with E-state index in [0.717, 1.165) is 24.3 Å². The standard InChI is InChI=1S/C21H15Cl2F3N2O2/c22-17-3-1-2-14(19(17)23)6-9-18(29)27-10-12-28(13-11-27)20(30)15-4-7-16(8-5-15)21(24,25)26/h1-5,7-8H,10-13H2. The largest absolute Gasteiger partial charge is 0.416 e. The minimum absolute atomic E-state index is 0.165. The number of hydrogen-bond donors (Lipinski definition) is 0. The van der Waals surface area contributed by atoms with E-state index in [1.54, 1.807) is 18.2 Å². The topological polar surface area (TPSA) is 40.6 Å². The van der Waals surface area contributed by atoms with E-state index in [9.17, 15) is 22.8 Å². The molecule has 1 saturated heterocycles. The molecule has 1 aliphatic heterocycles. The summed E-state index contributed by atoms with van der Waals surface area (Å²) in [6.07, 6.45) is -4.45. The van der Waals surface area contributed by atoms with Gasteiger partial charge in [-0.2, -0.15) is 13.2 Å². The summed E-state index contributed by atoms with van der Waals surface area (Å²) in [4.78, 5) is 27.8. The van der Waals surface area contributed by atoms with Crippen LogP contribution in [0.2, 0.25) is 10.0 Å². The molecule has 4 nitrogen and oxygen atoms in total. The van der Waals surface area contributed by atoms with Crippen molar-refractivity contribution < 1.29 is 22.8 Å². The van der Waals surface area contributed by atoms with Crippen LogP contribution in [-0.4, -0.2) is 47.8 Å². The summed E-state index contributed by atoms with van der Waals surface area (Å²) < 4.78 is 37.9. The van der Waals surface area contributed by atoms with Crippen LogP contribution in [0.25, 0.3) is 0 Å². The summed E-state index contributed by atoms with van der Waals surface area (Å²) in [6.45, 7) is 1.04. The first-order valence-corrected chi connectivity index (χ1v) is 9.64. The van der Waals surface area contributed by atoms with Crippen LogP contribution in [0.15, 0.2) is 42.5 Å². The van der Waals surface area contributed by atoms with Gasteiger partial charge in [-0.25, -0.2) is 0 Å². The molecule has 0 aliphatic carbocycles. The average Bonchev–Trinajstić information content (AvgIpc) is 2.73. The van der Waals surface area contributed by atoms with Gasteiger partial charge in [0.05, 0.1) is 15.6 Å². The van der Waals surface area contributed by atoms with Crippen molar-refractivity contribution in [2.75, 3.05) is 26.2 Å². The van der Waals surface area contributed by atoms with E-state index in [4.69, 9.17) is 23.2 Å². The maximum Gasteiger partial charge on any atom is 0.416 e. The minimum Gasteiger partial charge on any atom is -0.335 e. The van der Waals surface area contributed by atoms with Crippen LogP contribution in [0.5, 0.6) is 0 Å². The van der Waals surface area contributed by atoms with E-state index in [-0.39, 0.29) is 42.7 Å². The molecule has 0 N–H and O–H groups in total. The van der Waals surface area contributed by atoms with Gasteiger partial charge in [-0.1, -0.05) is 35.2 Å². The second-order valence-corrected chi connectivity index (χ2v) is 7.30. The van der Waals surface area contributed by atoms with Crippen LogP contribution >= 0.6 is 23.2 Å². The van der Waals surface area contributed by atoms with E-state index < -0.39 is 17.6 Å². The molecule has 156 valence electrons. The quantitative estimate of drug-likeness (QED) is 0.601. The molecule has 1 fully saturated rings. The fourth-order valence-electron chi connectivity index (χ4n) is 2.90. The maximum absolute atomic E-state index is 12.6. The smallest absolute Gasteiger partial charge is 0.335 e. The van der Waals surface area contributed by atoms with Gasteiger partial charge >= 0.3 is 6.18 Å². The Morgan fingerprint density at radius 1 is 0.900 bits per heavy atom. The number of piperazine rings is 1. The van der Waals surface area contributed by atoms with Gasteiger partial charge in [-0.05, 0) is 36.4 Å². The molecule has 9 heteroatoms. The van der Waals surface area contributed by atoms with Gasteiger partial charge in [0, 0.05) is 43.2 Å². The molecule has 0 saturated carbocycles. The fourth-order valence-corrected chi connectivity index (χ4v) is 3.24. The van der Waals surface area contributed by atoms with Gasteiger partial charge in [0.15, 0.2) is 0 Å². The van der Waals surface area contributed by atoms with Crippen molar-refractivity contribution in [2.45, 2.75) is 6.18 Å². The Kier molecular flexibility index (Phi) is 6.59. The summed E-state index contributed by atoms with van der Waals surface area (Å²) in [5, 5.41) is 0.609. The highest BCUT2D eigenvalue weighted by molar-refractivity contribution is 6.42. The predicted octanol–water partition coefficient (Wildman–Crippen LogP) is 4.35. The summed E-state index contributed by atoms with van der Waals surface area (Å²) in [5.41, 5.74) is -0.209. The van der Waals surface area contributed by atoms with Crippen LogP contribution in [0.3, 0.4) is 0 Å². The molecular weight excluding hydrogens is 440 g/mol. The Bertz CT molecular complexity index is 1020. The number of amides is 2. The van der Waals surface area contributed by atoms with Crippen LogP contribution in [0.4, 0.5) is 13.2 Å². The van der Waals surface area contributed by atoms with Crippen molar-refractivity contribution in [3.8, 4) is 11.8 Å². The van der Waals surface area contributed by atoms with Gasteiger partial charge in [-0.15, -0.1) is 0 Å². The second kappa shape index (κ2) is 8.99. The molecular formula is C21H15Cl2F3N2O2. The van der Waals surface area contributed by atoms with E-state index in [0.29, 0.717) is 10.6 Å². The molecule has 0 aromatic heterocycles. The highest BCUT2D eigenvalue weighted by Gasteiger charge is 2.31. The van der Waals surface area contributed by atoms with Crippen molar-refractivity contribution in [1.82, 2.24) is 9.80 Å². The first-order valence-electron chi connectivity index (χ1n) is 8.88. The molecule has 2 aromatic rings. The molecule has 0 radical (unpaired) electrons. The zero-order valence-corrected chi connectivity index (χ0v) is 17.0. The van der Waals surface area contributed by atoms with Crippen molar-refractivity contribution in [3.05, 3.63) is 69.2 Å². The fraction of sp³-hybridized carbons (Fsp3) is 0.238.